The van der Waals surface area contributed by atoms with Crippen LogP contribution >= 0.6 is 0 Å². The maximum atomic E-state index is 11.9. The van der Waals surface area contributed by atoms with E-state index in [-0.39, 0.29) is 12.2 Å². The van der Waals surface area contributed by atoms with Crippen molar-refractivity contribution in [3.05, 3.63) is 0 Å². The number of rotatable bonds is 4. The van der Waals surface area contributed by atoms with Crippen LogP contribution in [0.4, 0.5) is 4.79 Å². The third-order valence-corrected chi connectivity index (χ3v) is 2.65. The van der Waals surface area contributed by atoms with Crippen molar-refractivity contribution in [3.63, 3.8) is 0 Å². The summed E-state index contributed by atoms with van der Waals surface area (Å²) >= 11 is 0. The molecule has 0 aromatic heterocycles. The minimum atomic E-state index is -0.413. The molecule has 2 fully saturated rings. The third kappa shape index (κ3) is 4.00. The Kier molecular flexibility index (Phi) is 3.10. The molecule has 4 heteroatoms. The van der Waals surface area contributed by atoms with E-state index >= 15 is 0 Å². The van der Waals surface area contributed by atoms with Crippen molar-refractivity contribution < 1.29 is 14.3 Å². The summed E-state index contributed by atoms with van der Waals surface area (Å²) in [6.45, 7) is 7.99. The van der Waals surface area contributed by atoms with E-state index in [2.05, 4.69) is 0 Å². The zero-order valence-electron chi connectivity index (χ0n) is 10.4. The normalized spacial score (nSPS) is 24.1. The van der Waals surface area contributed by atoms with Crippen LogP contribution in [0.15, 0.2) is 0 Å². The van der Waals surface area contributed by atoms with Crippen molar-refractivity contribution >= 4 is 6.09 Å². The molecule has 1 unspecified atom stereocenters. The smallest absolute Gasteiger partial charge is 0.410 e. The minimum Gasteiger partial charge on any atom is -0.444 e. The van der Waals surface area contributed by atoms with E-state index in [9.17, 15) is 4.79 Å². The van der Waals surface area contributed by atoms with Crippen molar-refractivity contribution in [2.75, 3.05) is 19.7 Å². The number of hydrogen-bond acceptors (Lipinski definition) is 3. The van der Waals surface area contributed by atoms with E-state index in [0.29, 0.717) is 12.5 Å². The summed E-state index contributed by atoms with van der Waals surface area (Å²) in [4.78, 5) is 13.7. The Hall–Kier alpha value is -0.770. The third-order valence-electron chi connectivity index (χ3n) is 2.65. The molecule has 0 aromatic carbocycles. The quantitative estimate of drug-likeness (QED) is 0.690. The first-order chi connectivity index (χ1) is 7.44. The van der Waals surface area contributed by atoms with E-state index < -0.39 is 5.60 Å². The van der Waals surface area contributed by atoms with Crippen LogP contribution < -0.4 is 0 Å². The molecule has 16 heavy (non-hydrogen) atoms. The number of amides is 1. The Morgan fingerprint density at radius 1 is 1.38 bits per heavy atom. The molecule has 2 rings (SSSR count). The first-order valence-corrected chi connectivity index (χ1v) is 6.03. The number of ether oxygens (including phenoxy) is 2. The first-order valence-electron chi connectivity index (χ1n) is 6.03. The summed E-state index contributed by atoms with van der Waals surface area (Å²) in [7, 11) is 0. The van der Waals surface area contributed by atoms with E-state index in [1.165, 1.54) is 12.8 Å². The van der Waals surface area contributed by atoms with Crippen molar-refractivity contribution in [1.82, 2.24) is 4.90 Å². The Morgan fingerprint density at radius 2 is 2.00 bits per heavy atom. The number of epoxide rings is 1. The van der Waals surface area contributed by atoms with Gasteiger partial charge in [0.05, 0.1) is 19.3 Å². The molecule has 1 amide bonds. The lowest BCUT2D eigenvalue weighted by atomic mass is 10.2. The number of carbonyl (C=O) groups is 1. The monoisotopic (exact) mass is 227 g/mol. The van der Waals surface area contributed by atoms with E-state index in [1.807, 2.05) is 20.8 Å². The first kappa shape index (κ1) is 11.7. The standard InChI is InChI=1S/C12H21NO3/c1-12(2,3)16-11(14)13(6-9-4-5-9)7-10-8-15-10/h9-10H,4-8H2,1-3H3. The SMILES string of the molecule is CC(C)(C)OC(=O)N(CC1CC1)CC1CO1. The average Bonchev–Trinajstić information content (AvgIpc) is 2.92. The van der Waals surface area contributed by atoms with Gasteiger partial charge in [0.2, 0.25) is 0 Å². The highest BCUT2D eigenvalue weighted by molar-refractivity contribution is 5.68. The van der Waals surface area contributed by atoms with Gasteiger partial charge in [-0.05, 0) is 39.5 Å². The van der Waals surface area contributed by atoms with Gasteiger partial charge in [-0.25, -0.2) is 4.79 Å². The molecule has 92 valence electrons. The maximum Gasteiger partial charge on any atom is 0.410 e. The van der Waals surface area contributed by atoms with Gasteiger partial charge >= 0.3 is 6.09 Å². The van der Waals surface area contributed by atoms with E-state index in [1.54, 1.807) is 4.90 Å². The summed E-state index contributed by atoms with van der Waals surface area (Å²) in [6.07, 6.45) is 2.52. The highest BCUT2D eigenvalue weighted by atomic mass is 16.6. The zero-order chi connectivity index (χ0) is 11.8. The topological polar surface area (TPSA) is 42.1 Å². The molecule has 1 saturated carbocycles. The van der Waals surface area contributed by atoms with Crippen LogP contribution in [0.5, 0.6) is 0 Å². The molecular formula is C12H21NO3. The molecule has 0 N–H and O–H groups in total. The summed E-state index contributed by atoms with van der Waals surface area (Å²) in [5.74, 6) is 0.686. The van der Waals surface area contributed by atoms with Crippen molar-refractivity contribution in [1.29, 1.82) is 0 Å². The highest BCUT2D eigenvalue weighted by Crippen LogP contribution is 2.30. The molecule has 1 atom stereocenters. The maximum absolute atomic E-state index is 11.9. The average molecular weight is 227 g/mol. The number of carbonyl (C=O) groups excluding carboxylic acids is 1. The van der Waals surface area contributed by atoms with Crippen molar-refractivity contribution in [3.8, 4) is 0 Å². The fourth-order valence-electron chi connectivity index (χ4n) is 1.58. The van der Waals surface area contributed by atoms with Crippen LogP contribution in [0.2, 0.25) is 0 Å². The fourth-order valence-corrected chi connectivity index (χ4v) is 1.58. The van der Waals surface area contributed by atoms with Crippen LogP contribution in [0.1, 0.15) is 33.6 Å². The summed E-state index contributed by atoms with van der Waals surface area (Å²) in [6, 6.07) is 0. The summed E-state index contributed by atoms with van der Waals surface area (Å²) in [5, 5.41) is 0. The molecule has 0 spiro atoms. The van der Waals surface area contributed by atoms with Gasteiger partial charge in [0.1, 0.15) is 5.60 Å². The Balaban J connectivity index is 1.84. The van der Waals surface area contributed by atoms with Crippen molar-refractivity contribution in [2.24, 2.45) is 5.92 Å². The second-order valence-electron chi connectivity index (χ2n) is 5.78. The molecule has 0 aromatic rings. The van der Waals surface area contributed by atoms with Gasteiger partial charge < -0.3 is 14.4 Å². The van der Waals surface area contributed by atoms with Crippen molar-refractivity contribution in [2.45, 2.75) is 45.3 Å². The molecule has 2 aliphatic rings. The Labute approximate surface area is 96.9 Å². The van der Waals surface area contributed by atoms with Gasteiger partial charge in [-0.2, -0.15) is 0 Å². The van der Waals surface area contributed by atoms with Gasteiger partial charge in [-0.1, -0.05) is 0 Å². The van der Waals surface area contributed by atoms with Crippen LogP contribution in [0.3, 0.4) is 0 Å². The van der Waals surface area contributed by atoms with Crippen LogP contribution in [0.25, 0.3) is 0 Å². The largest absolute Gasteiger partial charge is 0.444 e. The van der Waals surface area contributed by atoms with E-state index in [0.717, 1.165) is 13.2 Å². The van der Waals surface area contributed by atoms with Gasteiger partial charge in [-0.15, -0.1) is 0 Å². The number of hydrogen-bond donors (Lipinski definition) is 0. The van der Waals surface area contributed by atoms with Crippen LogP contribution in [0, 0.1) is 5.92 Å². The lowest BCUT2D eigenvalue weighted by Gasteiger charge is -2.27. The van der Waals surface area contributed by atoms with E-state index in [4.69, 9.17) is 9.47 Å². The second-order valence-corrected chi connectivity index (χ2v) is 5.78. The molecule has 0 bridgehead atoms. The van der Waals surface area contributed by atoms with Gasteiger partial charge in [0, 0.05) is 6.54 Å². The Bertz CT molecular complexity index is 250. The van der Waals surface area contributed by atoms with Gasteiger partial charge in [-0.3, -0.25) is 0 Å². The molecule has 0 radical (unpaired) electrons. The molecule has 1 aliphatic carbocycles. The minimum absolute atomic E-state index is 0.199. The van der Waals surface area contributed by atoms with Gasteiger partial charge in [0.25, 0.3) is 0 Å². The second kappa shape index (κ2) is 4.24. The Morgan fingerprint density at radius 3 is 2.44 bits per heavy atom. The molecule has 1 heterocycles. The lowest BCUT2D eigenvalue weighted by molar-refractivity contribution is 0.0228. The summed E-state index contributed by atoms with van der Waals surface area (Å²) < 4.78 is 10.6. The molecular weight excluding hydrogens is 206 g/mol. The molecule has 4 nitrogen and oxygen atoms in total. The van der Waals surface area contributed by atoms with Crippen LogP contribution in [-0.4, -0.2) is 42.4 Å². The predicted octanol–water partition coefficient (Wildman–Crippen LogP) is 2.03. The molecule has 1 saturated heterocycles. The van der Waals surface area contributed by atoms with Gasteiger partial charge in [0.15, 0.2) is 0 Å². The lowest BCUT2D eigenvalue weighted by Crippen LogP contribution is -2.40. The highest BCUT2D eigenvalue weighted by Gasteiger charge is 2.34. The van der Waals surface area contributed by atoms with Crippen LogP contribution in [-0.2, 0) is 9.47 Å². The number of nitrogens with zero attached hydrogens (tertiary/aromatic N) is 1. The summed E-state index contributed by atoms with van der Waals surface area (Å²) in [5.41, 5.74) is -0.413. The fraction of sp³-hybridized carbons (Fsp3) is 0.917. The zero-order valence-corrected chi connectivity index (χ0v) is 10.4. The predicted molar refractivity (Wildman–Crippen MR) is 60.3 cm³/mol. The molecule has 1 aliphatic heterocycles.